The van der Waals surface area contributed by atoms with E-state index in [4.69, 9.17) is 9.72 Å². The zero-order chi connectivity index (χ0) is 21.5. The van der Waals surface area contributed by atoms with E-state index >= 15 is 0 Å². The van der Waals surface area contributed by atoms with Gasteiger partial charge in [-0.1, -0.05) is 17.4 Å². The van der Waals surface area contributed by atoms with Crippen LogP contribution in [-0.2, 0) is 19.6 Å². The number of carbonyl (C=O) groups excluding carboxylic acids is 1. The minimum absolute atomic E-state index is 0.00148. The van der Waals surface area contributed by atoms with E-state index in [1.807, 2.05) is 0 Å². The molecule has 1 amide bonds. The van der Waals surface area contributed by atoms with Crippen molar-refractivity contribution in [3.8, 4) is 0 Å². The second-order valence-corrected chi connectivity index (χ2v) is 11.4. The largest absolute Gasteiger partial charge is 0.376 e. The summed E-state index contributed by atoms with van der Waals surface area (Å²) in [5.41, 5.74) is 3.23. The Bertz CT molecular complexity index is 1040. The van der Waals surface area contributed by atoms with E-state index in [0.717, 1.165) is 35.2 Å². The van der Waals surface area contributed by atoms with Crippen molar-refractivity contribution in [1.29, 1.82) is 0 Å². The van der Waals surface area contributed by atoms with Gasteiger partial charge in [0.15, 0.2) is 5.13 Å². The molecule has 7 nitrogen and oxygen atoms in total. The van der Waals surface area contributed by atoms with Crippen LogP contribution in [0.5, 0.6) is 0 Å². The highest BCUT2D eigenvalue weighted by atomic mass is 32.2. The topological polar surface area (TPSA) is 79.8 Å². The first-order chi connectivity index (χ1) is 14.2. The fourth-order valence-electron chi connectivity index (χ4n) is 4.25. The lowest BCUT2D eigenvalue weighted by Crippen LogP contribution is -2.48. The Morgan fingerprint density at radius 1 is 1.30 bits per heavy atom. The van der Waals surface area contributed by atoms with Gasteiger partial charge in [0, 0.05) is 19.7 Å². The van der Waals surface area contributed by atoms with Crippen LogP contribution in [0.1, 0.15) is 36.8 Å². The van der Waals surface area contributed by atoms with Gasteiger partial charge in [0.1, 0.15) is 0 Å². The van der Waals surface area contributed by atoms with Gasteiger partial charge in [-0.3, -0.25) is 9.69 Å². The maximum Gasteiger partial charge on any atom is 0.233 e. The van der Waals surface area contributed by atoms with Gasteiger partial charge >= 0.3 is 0 Å². The van der Waals surface area contributed by atoms with Crippen LogP contribution in [0.3, 0.4) is 0 Å². The van der Waals surface area contributed by atoms with E-state index in [2.05, 4.69) is 26.0 Å². The molecule has 3 heterocycles. The Morgan fingerprint density at radius 3 is 2.80 bits per heavy atom. The highest BCUT2D eigenvalue weighted by molar-refractivity contribution is 7.88. The van der Waals surface area contributed by atoms with Crippen LogP contribution in [0, 0.1) is 19.8 Å². The molecule has 0 radical (unpaired) electrons. The lowest BCUT2D eigenvalue weighted by molar-refractivity contribution is -0.123. The molecule has 30 heavy (non-hydrogen) atoms. The zero-order valence-corrected chi connectivity index (χ0v) is 19.4. The fourth-order valence-corrected chi connectivity index (χ4v) is 6.20. The molecule has 1 aromatic carbocycles. The molecule has 0 bridgehead atoms. The standard InChI is InChI=1S/C21H29N3O4S2/c1-14-8-9-18-19(15(14)2)22-21(29-18)24(13-17-7-5-11-28-17)20(25)16-6-4-10-23(12-16)30(3,26)27/h8-9,16-17H,4-7,10-13H2,1-3H3. The first kappa shape index (κ1) is 21.7. The third-order valence-electron chi connectivity index (χ3n) is 6.18. The number of piperidine rings is 1. The van der Waals surface area contributed by atoms with Crippen LogP contribution in [0.25, 0.3) is 10.2 Å². The van der Waals surface area contributed by atoms with Gasteiger partial charge in [0.25, 0.3) is 0 Å². The van der Waals surface area contributed by atoms with Crippen molar-refractivity contribution >= 4 is 42.6 Å². The Kier molecular flexibility index (Phi) is 6.16. The van der Waals surface area contributed by atoms with Gasteiger partial charge in [0.2, 0.25) is 15.9 Å². The fraction of sp³-hybridized carbons (Fsp3) is 0.619. The maximum atomic E-state index is 13.6. The molecule has 0 aliphatic carbocycles. The first-order valence-electron chi connectivity index (χ1n) is 10.5. The molecule has 9 heteroatoms. The molecule has 2 aliphatic rings. The Morgan fingerprint density at radius 2 is 2.10 bits per heavy atom. The molecule has 0 spiro atoms. The molecular formula is C21H29N3O4S2. The number of carbonyl (C=O) groups is 1. The molecule has 2 aliphatic heterocycles. The Hall–Kier alpha value is -1.55. The number of rotatable bonds is 5. The van der Waals surface area contributed by atoms with Crippen LogP contribution in [-0.4, -0.2) is 62.2 Å². The summed E-state index contributed by atoms with van der Waals surface area (Å²) < 4.78 is 32.4. The number of aromatic nitrogens is 1. The average Bonchev–Trinajstić information content (AvgIpc) is 3.38. The number of anilines is 1. The number of ether oxygens (including phenoxy) is 1. The predicted octanol–water partition coefficient (Wildman–Crippen LogP) is 3.10. The van der Waals surface area contributed by atoms with Gasteiger partial charge in [-0.15, -0.1) is 0 Å². The normalized spacial score (nSPS) is 23.2. The number of sulfonamides is 1. The molecule has 4 rings (SSSR count). The SMILES string of the molecule is Cc1ccc2sc(N(CC3CCCO3)C(=O)C3CCCN(S(C)(=O)=O)C3)nc2c1C. The second kappa shape index (κ2) is 8.53. The van der Waals surface area contributed by atoms with E-state index in [0.29, 0.717) is 31.1 Å². The predicted molar refractivity (Wildman–Crippen MR) is 120 cm³/mol. The van der Waals surface area contributed by atoms with E-state index < -0.39 is 10.0 Å². The summed E-state index contributed by atoms with van der Waals surface area (Å²) in [7, 11) is -3.31. The lowest BCUT2D eigenvalue weighted by Gasteiger charge is -2.33. The van der Waals surface area contributed by atoms with Gasteiger partial charge in [-0.25, -0.2) is 17.7 Å². The summed E-state index contributed by atoms with van der Waals surface area (Å²) in [5.74, 6) is -0.406. The Labute approximate surface area is 182 Å². The number of nitrogens with zero attached hydrogens (tertiary/aromatic N) is 3. The second-order valence-electron chi connectivity index (χ2n) is 8.39. The monoisotopic (exact) mass is 451 g/mol. The van der Waals surface area contributed by atoms with E-state index in [1.54, 1.807) is 4.90 Å². The third kappa shape index (κ3) is 4.39. The molecule has 164 valence electrons. The molecule has 2 atom stereocenters. The summed E-state index contributed by atoms with van der Waals surface area (Å²) in [6, 6.07) is 4.14. The average molecular weight is 452 g/mol. The number of benzene rings is 1. The van der Waals surface area contributed by atoms with Crippen molar-refractivity contribution < 1.29 is 17.9 Å². The van der Waals surface area contributed by atoms with Crippen LogP contribution in [0.4, 0.5) is 5.13 Å². The summed E-state index contributed by atoms with van der Waals surface area (Å²) in [4.78, 5) is 20.2. The van der Waals surface area contributed by atoms with Gasteiger partial charge in [-0.05, 0) is 56.7 Å². The van der Waals surface area contributed by atoms with Gasteiger partial charge < -0.3 is 4.74 Å². The minimum Gasteiger partial charge on any atom is -0.376 e. The maximum absolute atomic E-state index is 13.6. The van der Waals surface area contributed by atoms with E-state index in [9.17, 15) is 13.2 Å². The van der Waals surface area contributed by atoms with Crippen molar-refractivity contribution in [2.45, 2.75) is 45.6 Å². The van der Waals surface area contributed by atoms with Crippen LogP contribution in [0.2, 0.25) is 0 Å². The van der Waals surface area contributed by atoms with Crippen molar-refractivity contribution in [3.05, 3.63) is 23.3 Å². The molecule has 1 aromatic heterocycles. The summed E-state index contributed by atoms with van der Waals surface area (Å²) >= 11 is 1.52. The van der Waals surface area contributed by atoms with Gasteiger partial charge in [-0.2, -0.15) is 0 Å². The van der Waals surface area contributed by atoms with Crippen LogP contribution >= 0.6 is 11.3 Å². The molecule has 2 aromatic rings. The van der Waals surface area contributed by atoms with Crippen LogP contribution in [0.15, 0.2) is 12.1 Å². The molecule has 2 fully saturated rings. The van der Waals surface area contributed by atoms with Crippen molar-refractivity contribution in [2.24, 2.45) is 5.92 Å². The van der Waals surface area contributed by atoms with Crippen LogP contribution < -0.4 is 4.90 Å². The first-order valence-corrected chi connectivity index (χ1v) is 13.2. The third-order valence-corrected chi connectivity index (χ3v) is 8.50. The number of fused-ring (bicyclic) bond motifs is 1. The zero-order valence-electron chi connectivity index (χ0n) is 17.8. The van der Waals surface area contributed by atoms with Crippen molar-refractivity contribution in [3.63, 3.8) is 0 Å². The summed E-state index contributed by atoms with van der Waals surface area (Å²) in [6.07, 6.45) is 4.51. The smallest absolute Gasteiger partial charge is 0.233 e. The van der Waals surface area contributed by atoms with Crippen molar-refractivity contribution in [1.82, 2.24) is 9.29 Å². The number of hydrogen-bond acceptors (Lipinski definition) is 6. The quantitative estimate of drug-likeness (QED) is 0.698. The van der Waals surface area contributed by atoms with Crippen molar-refractivity contribution in [2.75, 3.05) is 37.4 Å². The number of aryl methyl sites for hydroxylation is 2. The number of hydrogen-bond donors (Lipinski definition) is 0. The molecule has 2 saturated heterocycles. The van der Waals surface area contributed by atoms with Gasteiger partial charge in [0.05, 0.1) is 35.0 Å². The Balaban J connectivity index is 1.66. The summed E-state index contributed by atoms with van der Waals surface area (Å²) in [5, 5.41) is 0.677. The number of amides is 1. The molecular weight excluding hydrogens is 422 g/mol. The highest BCUT2D eigenvalue weighted by Crippen LogP contribution is 2.34. The number of thiazole rings is 1. The van der Waals surface area contributed by atoms with E-state index in [-0.39, 0.29) is 24.5 Å². The lowest BCUT2D eigenvalue weighted by atomic mass is 9.98. The minimum atomic E-state index is -3.31. The molecule has 2 unspecified atom stereocenters. The highest BCUT2D eigenvalue weighted by Gasteiger charge is 2.35. The molecule has 0 N–H and O–H groups in total. The summed E-state index contributed by atoms with van der Waals surface area (Å²) in [6.45, 7) is 6.02. The molecule has 0 saturated carbocycles. The van der Waals surface area contributed by atoms with E-state index in [1.165, 1.54) is 27.5 Å².